The Morgan fingerprint density at radius 1 is 0.920 bits per heavy atom. The first-order valence-corrected chi connectivity index (χ1v) is 9.19. The monoisotopic (exact) mass is 417 g/mol. The van der Waals surface area contributed by atoms with E-state index in [4.69, 9.17) is 47.0 Å². The quantitative estimate of drug-likeness (QED) is 0.666. The van der Waals surface area contributed by atoms with Crippen LogP contribution in [0.3, 0.4) is 0 Å². The van der Waals surface area contributed by atoms with E-state index in [1.165, 1.54) is 12.1 Å². The van der Waals surface area contributed by atoms with Crippen LogP contribution >= 0.6 is 47.0 Å². The maximum atomic E-state index is 13.2. The van der Waals surface area contributed by atoms with Gasteiger partial charge in [-0.1, -0.05) is 34.8 Å². The van der Waals surface area contributed by atoms with E-state index in [0.29, 0.717) is 20.8 Å². The summed E-state index contributed by atoms with van der Waals surface area (Å²) in [6.45, 7) is 3.15. The number of thiocarbonyl (C=S) groups is 1. The highest BCUT2D eigenvalue weighted by atomic mass is 35.5. The van der Waals surface area contributed by atoms with Gasteiger partial charge in [0, 0.05) is 37.6 Å². The van der Waals surface area contributed by atoms with Crippen molar-refractivity contribution in [1.29, 1.82) is 0 Å². The minimum Gasteiger partial charge on any atom is -0.368 e. The molecule has 8 heteroatoms. The van der Waals surface area contributed by atoms with E-state index in [-0.39, 0.29) is 5.02 Å². The summed E-state index contributed by atoms with van der Waals surface area (Å²) >= 11 is 23.3. The van der Waals surface area contributed by atoms with Crippen LogP contribution in [0.1, 0.15) is 0 Å². The van der Waals surface area contributed by atoms with Crippen molar-refractivity contribution >= 4 is 63.5 Å². The van der Waals surface area contributed by atoms with Gasteiger partial charge in [0.25, 0.3) is 0 Å². The fourth-order valence-corrected chi connectivity index (χ4v) is 3.40. The average Bonchev–Trinajstić information content (AvgIpc) is 2.61. The van der Waals surface area contributed by atoms with Gasteiger partial charge in [0.1, 0.15) is 5.82 Å². The number of nitrogens with zero attached hydrogens (tertiary/aromatic N) is 2. The second-order valence-electron chi connectivity index (χ2n) is 5.63. The van der Waals surface area contributed by atoms with Crippen molar-refractivity contribution < 1.29 is 4.39 Å². The average molecular weight is 419 g/mol. The highest BCUT2D eigenvalue weighted by molar-refractivity contribution is 7.80. The molecule has 0 aliphatic carbocycles. The molecule has 0 bridgehead atoms. The Hall–Kier alpha value is -1.27. The van der Waals surface area contributed by atoms with Crippen LogP contribution in [0, 0.1) is 5.82 Å². The van der Waals surface area contributed by atoms with E-state index in [2.05, 4.69) is 15.1 Å². The van der Waals surface area contributed by atoms with Crippen LogP contribution in [0.4, 0.5) is 15.8 Å². The van der Waals surface area contributed by atoms with Crippen LogP contribution in [0.25, 0.3) is 0 Å². The summed E-state index contributed by atoms with van der Waals surface area (Å²) in [5, 5.41) is 4.86. The lowest BCUT2D eigenvalue weighted by atomic mass is 10.2. The normalized spacial score (nSPS) is 14.6. The minimum atomic E-state index is -0.451. The fourth-order valence-electron chi connectivity index (χ4n) is 2.63. The Labute approximate surface area is 166 Å². The van der Waals surface area contributed by atoms with Crippen molar-refractivity contribution in [2.45, 2.75) is 0 Å². The summed E-state index contributed by atoms with van der Waals surface area (Å²) in [5.41, 5.74) is 1.71. The van der Waals surface area contributed by atoms with Crippen LogP contribution in [-0.2, 0) is 0 Å². The summed E-state index contributed by atoms with van der Waals surface area (Å²) in [7, 11) is 0. The standard InChI is InChI=1S/C17H15Cl3FN3S/c18-13-3-2-12(10-14(13)19)23-5-7-24(8-6-23)17(25)22-11-1-4-16(21)15(20)9-11/h1-4,9-10H,5-8H2,(H,22,25). The Morgan fingerprint density at radius 3 is 2.28 bits per heavy atom. The summed E-state index contributed by atoms with van der Waals surface area (Å²) in [5.74, 6) is -0.451. The van der Waals surface area contributed by atoms with Gasteiger partial charge in [0.2, 0.25) is 0 Å². The van der Waals surface area contributed by atoms with E-state index in [1.807, 2.05) is 12.1 Å². The van der Waals surface area contributed by atoms with E-state index in [0.717, 1.165) is 31.9 Å². The van der Waals surface area contributed by atoms with Crippen molar-refractivity contribution in [3.05, 3.63) is 57.3 Å². The van der Waals surface area contributed by atoms with Crippen molar-refractivity contribution in [1.82, 2.24) is 4.90 Å². The van der Waals surface area contributed by atoms with Gasteiger partial charge in [0.15, 0.2) is 5.11 Å². The molecule has 0 aromatic heterocycles. The van der Waals surface area contributed by atoms with Gasteiger partial charge in [-0.2, -0.15) is 0 Å². The zero-order chi connectivity index (χ0) is 18.0. The Morgan fingerprint density at radius 2 is 1.64 bits per heavy atom. The lowest BCUT2D eigenvalue weighted by molar-refractivity contribution is 0.391. The van der Waals surface area contributed by atoms with Crippen LogP contribution in [-0.4, -0.2) is 36.2 Å². The molecule has 25 heavy (non-hydrogen) atoms. The first kappa shape index (κ1) is 18.5. The Kier molecular flexibility index (Phi) is 5.89. The molecule has 0 unspecified atom stereocenters. The summed E-state index contributed by atoms with van der Waals surface area (Å²) < 4.78 is 13.2. The van der Waals surface area contributed by atoms with Crippen LogP contribution in [0.5, 0.6) is 0 Å². The maximum absolute atomic E-state index is 13.2. The third-order valence-electron chi connectivity index (χ3n) is 4.01. The molecule has 3 rings (SSSR count). The number of benzene rings is 2. The van der Waals surface area contributed by atoms with Gasteiger partial charge >= 0.3 is 0 Å². The van der Waals surface area contributed by atoms with Crippen molar-refractivity contribution in [2.75, 3.05) is 36.4 Å². The predicted molar refractivity (Wildman–Crippen MR) is 108 cm³/mol. The summed E-state index contributed by atoms with van der Waals surface area (Å²) in [6, 6.07) is 10.1. The molecule has 1 N–H and O–H groups in total. The van der Waals surface area contributed by atoms with E-state index < -0.39 is 5.82 Å². The Bertz CT molecular complexity index is 795. The van der Waals surface area contributed by atoms with E-state index in [9.17, 15) is 4.39 Å². The zero-order valence-electron chi connectivity index (χ0n) is 13.1. The topological polar surface area (TPSA) is 18.5 Å². The zero-order valence-corrected chi connectivity index (χ0v) is 16.2. The van der Waals surface area contributed by atoms with Crippen LogP contribution in [0.2, 0.25) is 15.1 Å². The summed E-state index contributed by atoms with van der Waals surface area (Å²) in [4.78, 5) is 4.30. The van der Waals surface area contributed by atoms with Crippen LogP contribution in [0.15, 0.2) is 36.4 Å². The molecular formula is C17H15Cl3FN3S. The maximum Gasteiger partial charge on any atom is 0.173 e. The molecule has 1 fully saturated rings. The second-order valence-corrected chi connectivity index (χ2v) is 7.24. The molecule has 1 aliphatic rings. The number of anilines is 2. The molecule has 0 spiro atoms. The lowest BCUT2D eigenvalue weighted by Crippen LogP contribution is -2.50. The first-order valence-electron chi connectivity index (χ1n) is 7.65. The molecule has 0 radical (unpaired) electrons. The highest BCUT2D eigenvalue weighted by Gasteiger charge is 2.20. The number of hydrogen-bond acceptors (Lipinski definition) is 2. The molecule has 0 amide bonds. The number of halogens is 4. The van der Waals surface area contributed by atoms with Crippen molar-refractivity contribution in [2.24, 2.45) is 0 Å². The molecule has 1 heterocycles. The molecule has 132 valence electrons. The lowest BCUT2D eigenvalue weighted by Gasteiger charge is -2.37. The molecular weight excluding hydrogens is 404 g/mol. The van der Waals surface area contributed by atoms with Gasteiger partial charge in [0.05, 0.1) is 15.1 Å². The van der Waals surface area contributed by atoms with E-state index in [1.54, 1.807) is 12.1 Å². The van der Waals surface area contributed by atoms with Gasteiger partial charge in [-0.15, -0.1) is 0 Å². The number of rotatable bonds is 2. The highest BCUT2D eigenvalue weighted by Crippen LogP contribution is 2.28. The van der Waals surface area contributed by atoms with Crippen molar-refractivity contribution in [3.8, 4) is 0 Å². The molecule has 0 atom stereocenters. The third kappa shape index (κ3) is 4.47. The molecule has 2 aromatic carbocycles. The predicted octanol–water partition coefficient (Wildman–Crippen LogP) is 5.30. The largest absolute Gasteiger partial charge is 0.368 e. The van der Waals surface area contributed by atoms with Gasteiger partial charge in [-0.3, -0.25) is 0 Å². The smallest absolute Gasteiger partial charge is 0.173 e. The molecule has 2 aromatic rings. The fraction of sp³-hybridized carbons (Fsp3) is 0.235. The number of hydrogen-bond donors (Lipinski definition) is 1. The Balaban J connectivity index is 1.58. The first-order chi connectivity index (χ1) is 11.9. The molecule has 0 saturated carbocycles. The third-order valence-corrected chi connectivity index (χ3v) is 5.40. The van der Waals surface area contributed by atoms with Gasteiger partial charge in [-0.25, -0.2) is 4.39 Å². The molecule has 3 nitrogen and oxygen atoms in total. The van der Waals surface area contributed by atoms with Crippen LogP contribution < -0.4 is 10.2 Å². The van der Waals surface area contributed by atoms with E-state index >= 15 is 0 Å². The summed E-state index contributed by atoms with van der Waals surface area (Å²) in [6.07, 6.45) is 0. The minimum absolute atomic E-state index is 0.0669. The van der Waals surface area contributed by atoms with Gasteiger partial charge < -0.3 is 15.1 Å². The molecule has 1 aliphatic heterocycles. The van der Waals surface area contributed by atoms with Crippen molar-refractivity contribution in [3.63, 3.8) is 0 Å². The second kappa shape index (κ2) is 7.96. The SMILES string of the molecule is Fc1ccc(NC(=S)N2CCN(c3ccc(Cl)c(Cl)c3)CC2)cc1Cl. The number of nitrogens with one attached hydrogen (secondary N) is 1. The van der Waals surface area contributed by atoms with Gasteiger partial charge in [-0.05, 0) is 48.6 Å². The number of piperazine rings is 1. The molecule has 1 saturated heterocycles.